The number of para-hydroxylation sites is 1. The van der Waals surface area contributed by atoms with Crippen LogP contribution in [0.3, 0.4) is 0 Å². The summed E-state index contributed by atoms with van der Waals surface area (Å²) in [4.78, 5) is 3.94. The van der Waals surface area contributed by atoms with Gasteiger partial charge in [-0.25, -0.2) is 0 Å². The Labute approximate surface area is 110 Å². The SMILES string of the molecule is Nc1cnccc1Nc1c(Br)cccc1Br. The van der Waals surface area contributed by atoms with Crippen LogP contribution in [0.15, 0.2) is 45.6 Å². The molecule has 0 aliphatic heterocycles. The van der Waals surface area contributed by atoms with Crippen LogP contribution in [0.4, 0.5) is 17.1 Å². The number of nitrogens with two attached hydrogens (primary N) is 1. The number of aromatic nitrogens is 1. The molecule has 0 spiro atoms. The average molecular weight is 343 g/mol. The zero-order valence-corrected chi connectivity index (χ0v) is 11.4. The van der Waals surface area contributed by atoms with E-state index in [-0.39, 0.29) is 0 Å². The molecule has 0 aliphatic carbocycles. The van der Waals surface area contributed by atoms with Gasteiger partial charge >= 0.3 is 0 Å². The molecule has 2 rings (SSSR count). The Morgan fingerprint density at radius 1 is 1.12 bits per heavy atom. The molecule has 82 valence electrons. The molecule has 0 aliphatic rings. The van der Waals surface area contributed by atoms with Gasteiger partial charge in [-0.2, -0.15) is 0 Å². The second-order valence-electron chi connectivity index (χ2n) is 3.18. The molecule has 2 aromatic rings. The molecule has 1 aromatic heterocycles. The Kier molecular flexibility index (Phi) is 3.46. The van der Waals surface area contributed by atoms with Crippen molar-refractivity contribution in [3.63, 3.8) is 0 Å². The molecule has 1 heterocycles. The number of anilines is 3. The average Bonchev–Trinajstić information content (AvgIpc) is 2.26. The van der Waals surface area contributed by atoms with E-state index in [1.807, 2.05) is 24.3 Å². The Morgan fingerprint density at radius 3 is 2.44 bits per heavy atom. The van der Waals surface area contributed by atoms with E-state index >= 15 is 0 Å². The lowest BCUT2D eigenvalue weighted by Crippen LogP contribution is -1.97. The number of nitrogen functional groups attached to an aromatic ring is 1. The Morgan fingerprint density at radius 2 is 1.81 bits per heavy atom. The minimum absolute atomic E-state index is 0.616. The van der Waals surface area contributed by atoms with Gasteiger partial charge in [0.15, 0.2) is 0 Å². The van der Waals surface area contributed by atoms with Crippen molar-refractivity contribution in [2.75, 3.05) is 11.1 Å². The number of nitrogens with zero attached hydrogens (tertiary/aromatic N) is 1. The summed E-state index contributed by atoms with van der Waals surface area (Å²) in [5.74, 6) is 0. The van der Waals surface area contributed by atoms with Gasteiger partial charge in [-0.05, 0) is 50.1 Å². The van der Waals surface area contributed by atoms with Gasteiger partial charge in [0.25, 0.3) is 0 Å². The van der Waals surface area contributed by atoms with Gasteiger partial charge in [-0.15, -0.1) is 0 Å². The first-order chi connectivity index (χ1) is 7.68. The normalized spacial score (nSPS) is 10.1. The van der Waals surface area contributed by atoms with E-state index in [4.69, 9.17) is 5.73 Å². The third kappa shape index (κ3) is 2.36. The van der Waals surface area contributed by atoms with Crippen LogP contribution in [0.5, 0.6) is 0 Å². The molecule has 0 atom stereocenters. The van der Waals surface area contributed by atoms with Crippen LogP contribution in [0.25, 0.3) is 0 Å². The summed E-state index contributed by atoms with van der Waals surface area (Å²) in [6.45, 7) is 0. The number of hydrogen-bond donors (Lipinski definition) is 2. The van der Waals surface area contributed by atoms with Crippen molar-refractivity contribution in [3.8, 4) is 0 Å². The van der Waals surface area contributed by atoms with Gasteiger partial charge in [0.1, 0.15) is 0 Å². The maximum atomic E-state index is 5.81. The molecular formula is C11H9Br2N3. The molecule has 0 amide bonds. The van der Waals surface area contributed by atoms with E-state index in [1.54, 1.807) is 12.4 Å². The molecule has 3 N–H and O–H groups in total. The standard InChI is InChI=1S/C11H9Br2N3/c12-7-2-1-3-8(13)11(7)16-10-4-5-15-6-9(10)14/h1-6H,14H2,(H,15,16). The predicted molar refractivity (Wildman–Crippen MR) is 73.8 cm³/mol. The van der Waals surface area contributed by atoms with Crippen molar-refractivity contribution < 1.29 is 0 Å². The number of benzene rings is 1. The van der Waals surface area contributed by atoms with E-state index in [0.29, 0.717) is 5.69 Å². The molecule has 0 unspecified atom stereocenters. The fourth-order valence-corrected chi connectivity index (χ4v) is 2.47. The summed E-state index contributed by atoms with van der Waals surface area (Å²) in [6, 6.07) is 7.71. The lowest BCUT2D eigenvalue weighted by Gasteiger charge is -2.11. The van der Waals surface area contributed by atoms with Crippen molar-refractivity contribution in [2.45, 2.75) is 0 Å². The van der Waals surface area contributed by atoms with Gasteiger partial charge in [0.05, 0.1) is 23.3 Å². The fourth-order valence-electron chi connectivity index (χ4n) is 1.27. The monoisotopic (exact) mass is 341 g/mol. The van der Waals surface area contributed by atoms with Gasteiger partial charge in [-0.3, -0.25) is 4.98 Å². The van der Waals surface area contributed by atoms with E-state index < -0.39 is 0 Å². The quantitative estimate of drug-likeness (QED) is 0.869. The number of pyridine rings is 1. The minimum Gasteiger partial charge on any atom is -0.396 e. The smallest absolute Gasteiger partial charge is 0.0739 e. The van der Waals surface area contributed by atoms with Crippen LogP contribution in [0.2, 0.25) is 0 Å². The number of hydrogen-bond acceptors (Lipinski definition) is 3. The third-order valence-corrected chi connectivity index (χ3v) is 3.40. The highest BCUT2D eigenvalue weighted by Crippen LogP contribution is 2.34. The molecule has 0 radical (unpaired) electrons. The van der Waals surface area contributed by atoms with Crippen LogP contribution in [0, 0.1) is 0 Å². The van der Waals surface area contributed by atoms with Gasteiger partial charge in [0.2, 0.25) is 0 Å². The molecule has 0 saturated carbocycles. The highest BCUT2D eigenvalue weighted by atomic mass is 79.9. The Balaban J connectivity index is 2.38. The van der Waals surface area contributed by atoms with Crippen molar-refractivity contribution in [3.05, 3.63) is 45.6 Å². The molecule has 0 saturated heterocycles. The zero-order chi connectivity index (χ0) is 11.5. The first kappa shape index (κ1) is 11.4. The number of rotatable bonds is 2. The summed E-state index contributed by atoms with van der Waals surface area (Å²) in [5.41, 5.74) is 8.21. The van der Waals surface area contributed by atoms with Crippen molar-refractivity contribution in [1.29, 1.82) is 0 Å². The second-order valence-corrected chi connectivity index (χ2v) is 4.89. The van der Waals surface area contributed by atoms with Gasteiger partial charge < -0.3 is 11.1 Å². The van der Waals surface area contributed by atoms with Crippen LogP contribution in [-0.4, -0.2) is 4.98 Å². The van der Waals surface area contributed by atoms with Crippen LogP contribution < -0.4 is 11.1 Å². The molecule has 3 nitrogen and oxygen atoms in total. The lowest BCUT2D eigenvalue weighted by atomic mass is 10.3. The van der Waals surface area contributed by atoms with Gasteiger partial charge in [-0.1, -0.05) is 6.07 Å². The van der Waals surface area contributed by atoms with E-state index in [0.717, 1.165) is 20.3 Å². The van der Waals surface area contributed by atoms with Crippen LogP contribution >= 0.6 is 31.9 Å². The maximum Gasteiger partial charge on any atom is 0.0739 e. The topological polar surface area (TPSA) is 50.9 Å². The maximum absolute atomic E-state index is 5.81. The molecule has 0 bridgehead atoms. The van der Waals surface area contributed by atoms with Crippen molar-refractivity contribution >= 4 is 48.9 Å². The molecule has 5 heteroatoms. The first-order valence-corrected chi connectivity index (χ1v) is 6.17. The van der Waals surface area contributed by atoms with E-state index in [9.17, 15) is 0 Å². The summed E-state index contributed by atoms with van der Waals surface area (Å²) < 4.78 is 1.94. The predicted octanol–water partition coefficient (Wildman–Crippen LogP) is 3.93. The van der Waals surface area contributed by atoms with Crippen LogP contribution in [-0.2, 0) is 0 Å². The summed E-state index contributed by atoms with van der Waals surface area (Å²) >= 11 is 6.96. The summed E-state index contributed by atoms with van der Waals surface area (Å²) in [6.07, 6.45) is 3.32. The fraction of sp³-hybridized carbons (Fsp3) is 0. The van der Waals surface area contributed by atoms with Gasteiger partial charge in [0, 0.05) is 15.1 Å². The number of halogens is 2. The second kappa shape index (κ2) is 4.84. The van der Waals surface area contributed by atoms with E-state index in [1.165, 1.54) is 0 Å². The Hall–Kier alpha value is -1.07. The minimum atomic E-state index is 0.616. The Bertz CT molecular complexity index is 494. The molecule has 16 heavy (non-hydrogen) atoms. The number of nitrogens with one attached hydrogen (secondary N) is 1. The molecule has 1 aromatic carbocycles. The van der Waals surface area contributed by atoms with Crippen LogP contribution in [0.1, 0.15) is 0 Å². The lowest BCUT2D eigenvalue weighted by molar-refractivity contribution is 1.33. The first-order valence-electron chi connectivity index (χ1n) is 4.59. The largest absolute Gasteiger partial charge is 0.396 e. The molecular weight excluding hydrogens is 334 g/mol. The zero-order valence-electron chi connectivity index (χ0n) is 8.24. The van der Waals surface area contributed by atoms with E-state index in [2.05, 4.69) is 42.2 Å². The highest BCUT2D eigenvalue weighted by Gasteiger charge is 2.06. The molecule has 0 fully saturated rings. The summed E-state index contributed by atoms with van der Waals surface area (Å²) in [7, 11) is 0. The van der Waals surface area contributed by atoms with Crippen molar-refractivity contribution in [2.24, 2.45) is 0 Å². The highest BCUT2D eigenvalue weighted by molar-refractivity contribution is 9.11. The summed E-state index contributed by atoms with van der Waals surface area (Å²) in [5, 5.41) is 3.25. The van der Waals surface area contributed by atoms with Crippen molar-refractivity contribution in [1.82, 2.24) is 4.98 Å². The third-order valence-electron chi connectivity index (χ3n) is 2.07.